The number of imidazole rings is 1. The second kappa shape index (κ2) is 15.4. The molecule has 6 heteroatoms. The van der Waals surface area contributed by atoms with Gasteiger partial charge in [-0.1, -0.05) is 106 Å². The van der Waals surface area contributed by atoms with Crippen molar-refractivity contribution in [1.82, 2.24) is 14.9 Å². The van der Waals surface area contributed by atoms with Gasteiger partial charge in [0.25, 0.3) is 0 Å². The molecule has 0 radical (unpaired) electrons. The van der Waals surface area contributed by atoms with Crippen LogP contribution in [-0.2, 0) is 17.4 Å². The first-order valence-electron chi connectivity index (χ1n) is 15.7. The highest BCUT2D eigenvalue weighted by Gasteiger charge is 2.41. The molecule has 1 saturated heterocycles. The number of aliphatic hydroxyl groups is 2. The Hall–Kier alpha value is -3.29. The summed E-state index contributed by atoms with van der Waals surface area (Å²) in [6, 6.07) is 28.7. The fraction of sp³-hybridized carbons (Fsp3) is 0.432. The molecule has 6 nitrogen and oxygen atoms in total. The first kappa shape index (κ1) is 32.6. The maximum absolute atomic E-state index is 12.1. The summed E-state index contributed by atoms with van der Waals surface area (Å²) < 4.78 is 0. The second-order valence-corrected chi connectivity index (χ2v) is 12.8. The number of nitrogens with two attached hydrogens (primary N) is 1. The molecular weight excluding hydrogens is 532 g/mol. The molecule has 5 N–H and O–H groups in total. The third-order valence-electron chi connectivity index (χ3n) is 8.69. The Morgan fingerprint density at radius 3 is 1.95 bits per heavy atom. The number of benzene rings is 3. The molecule has 5 rings (SSSR count). The highest BCUT2D eigenvalue weighted by atomic mass is 16.3. The number of hydrogen-bond acceptors (Lipinski definition) is 5. The summed E-state index contributed by atoms with van der Waals surface area (Å²) in [5.74, 6) is 0.176. The smallest absolute Gasteiger partial charge is 0.117 e. The van der Waals surface area contributed by atoms with Gasteiger partial charge in [-0.15, -0.1) is 0 Å². The van der Waals surface area contributed by atoms with E-state index in [4.69, 9.17) is 5.73 Å². The van der Waals surface area contributed by atoms with Gasteiger partial charge in [0, 0.05) is 18.3 Å². The highest BCUT2D eigenvalue weighted by Crippen LogP contribution is 2.42. The van der Waals surface area contributed by atoms with Crippen LogP contribution in [0.1, 0.15) is 80.5 Å². The Labute approximate surface area is 258 Å². The summed E-state index contributed by atoms with van der Waals surface area (Å²) in [5.41, 5.74) is 9.79. The Bertz CT molecular complexity index is 1270. The van der Waals surface area contributed by atoms with Crippen molar-refractivity contribution >= 4 is 0 Å². The van der Waals surface area contributed by atoms with Gasteiger partial charge in [-0.25, -0.2) is 4.98 Å². The van der Waals surface area contributed by atoms with Crippen LogP contribution < -0.4 is 5.73 Å². The third kappa shape index (κ3) is 8.87. The lowest BCUT2D eigenvalue weighted by molar-refractivity contribution is -0.0146. The number of aromatic amines is 1. The van der Waals surface area contributed by atoms with E-state index in [-0.39, 0.29) is 11.3 Å². The average Bonchev–Trinajstić information content (AvgIpc) is 3.55. The molecule has 0 amide bonds. The van der Waals surface area contributed by atoms with E-state index in [2.05, 4.69) is 84.2 Å². The predicted molar refractivity (Wildman–Crippen MR) is 176 cm³/mol. The first-order valence-corrected chi connectivity index (χ1v) is 15.7. The summed E-state index contributed by atoms with van der Waals surface area (Å²) in [6.07, 6.45) is 7.57. The Morgan fingerprint density at radius 1 is 0.884 bits per heavy atom. The molecule has 1 fully saturated rings. The SMILES string of the molecule is CC(C)(C)c1ccc(C(O)CCCN2CCC(C(O)(c3ccccc3)c3ccccc3)CC2)cc1.NCCc1cnc[nH]1. The fourth-order valence-corrected chi connectivity index (χ4v) is 6.05. The van der Waals surface area contributed by atoms with E-state index in [1.807, 2.05) is 36.4 Å². The Morgan fingerprint density at radius 2 is 1.47 bits per heavy atom. The van der Waals surface area contributed by atoms with Gasteiger partial charge in [0.15, 0.2) is 0 Å². The monoisotopic (exact) mass is 582 g/mol. The lowest BCUT2D eigenvalue weighted by Gasteiger charge is -2.42. The molecule has 0 spiro atoms. The average molecular weight is 583 g/mol. The number of nitrogens with one attached hydrogen (secondary N) is 1. The van der Waals surface area contributed by atoms with Gasteiger partial charge >= 0.3 is 0 Å². The van der Waals surface area contributed by atoms with E-state index >= 15 is 0 Å². The van der Waals surface area contributed by atoms with E-state index < -0.39 is 11.7 Å². The van der Waals surface area contributed by atoms with Gasteiger partial charge in [0.2, 0.25) is 0 Å². The molecule has 2 heterocycles. The maximum atomic E-state index is 12.1. The van der Waals surface area contributed by atoms with Crippen molar-refractivity contribution in [1.29, 1.82) is 0 Å². The Balaban J connectivity index is 0.000000458. The zero-order valence-electron chi connectivity index (χ0n) is 26.1. The molecule has 1 unspecified atom stereocenters. The van der Waals surface area contributed by atoms with Gasteiger partial charge in [-0.3, -0.25) is 0 Å². The van der Waals surface area contributed by atoms with Crippen LogP contribution in [0.2, 0.25) is 0 Å². The first-order chi connectivity index (χ1) is 20.7. The number of likely N-dealkylation sites (tertiary alicyclic amines) is 1. The third-order valence-corrected chi connectivity index (χ3v) is 8.69. The standard InChI is InChI=1S/C32H41NO2.C5H9N3/c1-31(2,3)26-18-16-25(17-19-26)30(34)15-10-22-33-23-20-29(21-24-33)32(35,27-11-6-4-7-12-27)28-13-8-5-9-14-28;6-2-1-5-3-7-4-8-5/h4-9,11-14,16-19,29-30,34-35H,10,15,20-24H2,1-3H3;3-4H,1-2,6H2,(H,7,8). The second-order valence-electron chi connectivity index (χ2n) is 12.8. The van der Waals surface area contributed by atoms with Gasteiger partial charge in [0.1, 0.15) is 5.60 Å². The number of H-pyrrole nitrogens is 1. The molecular formula is C37H50N4O2. The maximum Gasteiger partial charge on any atom is 0.117 e. The number of nitrogens with zero attached hydrogens (tertiary/aromatic N) is 2. The van der Waals surface area contributed by atoms with Crippen molar-refractivity contribution in [2.45, 2.75) is 70.0 Å². The van der Waals surface area contributed by atoms with E-state index in [1.165, 1.54) is 5.56 Å². The molecule has 3 aromatic carbocycles. The van der Waals surface area contributed by atoms with Crippen LogP contribution in [0.4, 0.5) is 0 Å². The number of piperidine rings is 1. The molecule has 0 aliphatic carbocycles. The number of aromatic nitrogens is 2. The quantitative estimate of drug-likeness (QED) is 0.175. The molecule has 4 aromatic rings. The minimum absolute atomic E-state index is 0.128. The van der Waals surface area contributed by atoms with Crippen molar-refractivity contribution in [3.05, 3.63) is 125 Å². The van der Waals surface area contributed by atoms with Crippen LogP contribution in [0.5, 0.6) is 0 Å². The molecule has 43 heavy (non-hydrogen) atoms. The fourth-order valence-electron chi connectivity index (χ4n) is 6.05. The van der Waals surface area contributed by atoms with Crippen molar-refractivity contribution in [3.8, 4) is 0 Å². The summed E-state index contributed by atoms with van der Waals surface area (Å²) in [6.45, 7) is 10.2. The molecule has 1 atom stereocenters. The van der Waals surface area contributed by atoms with Crippen LogP contribution >= 0.6 is 0 Å². The summed E-state index contributed by atoms with van der Waals surface area (Å²) in [7, 11) is 0. The molecule has 0 saturated carbocycles. The van der Waals surface area contributed by atoms with Crippen molar-refractivity contribution in [3.63, 3.8) is 0 Å². The number of rotatable bonds is 10. The van der Waals surface area contributed by atoms with Crippen LogP contribution in [0.3, 0.4) is 0 Å². The van der Waals surface area contributed by atoms with E-state index in [9.17, 15) is 10.2 Å². The van der Waals surface area contributed by atoms with E-state index in [0.29, 0.717) is 6.54 Å². The summed E-state index contributed by atoms with van der Waals surface area (Å²) in [5, 5.41) is 22.8. The van der Waals surface area contributed by atoms with E-state index in [0.717, 1.165) is 74.1 Å². The van der Waals surface area contributed by atoms with Crippen LogP contribution in [0, 0.1) is 5.92 Å². The highest BCUT2D eigenvalue weighted by molar-refractivity contribution is 5.37. The van der Waals surface area contributed by atoms with Gasteiger partial charge in [-0.2, -0.15) is 0 Å². The zero-order valence-corrected chi connectivity index (χ0v) is 26.1. The molecule has 0 bridgehead atoms. The normalized spacial score (nSPS) is 15.5. The summed E-state index contributed by atoms with van der Waals surface area (Å²) >= 11 is 0. The predicted octanol–water partition coefficient (Wildman–Crippen LogP) is 6.36. The van der Waals surface area contributed by atoms with Gasteiger partial charge < -0.3 is 25.8 Å². The lowest BCUT2D eigenvalue weighted by Crippen LogP contribution is -2.44. The number of hydrogen-bond donors (Lipinski definition) is 4. The van der Waals surface area contributed by atoms with Crippen LogP contribution in [0.25, 0.3) is 0 Å². The largest absolute Gasteiger partial charge is 0.388 e. The van der Waals surface area contributed by atoms with E-state index in [1.54, 1.807) is 12.5 Å². The van der Waals surface area contributed by atoms with Crippen LogP contribution in [0.15, 0.2) is 97.5 Å². The number of aliphatic hydroxyl groups excluding tert-OH is 1. The van der Waals surface area contributed by atoms with Crippen LogP contribution in [-0.4, -0.2) is 51.3 Å². The van der Waals surface area contributed by atoms with Gasteiger partial charge in [0.05, 0.1) is 12.4 Å². The van der Waals surface area contributed by atoms with Crippen molar-refractivity contribution < 1.29 is 10.2 Å². The molecule has 1 aromatic heterocycles. The zero-order chi connectivity index (χ0) is 30.7. The van der Waals surface area contributed by atoms with Crippen molar-refractivity contribution in [2.24, 2.45) is 11.7 Å². The minimum Gasteiger partial charge on any atom is -0.388 e. The van der Waals surface area contributed by atoms with Gasteiger partial charge in [-0.05, 0) is 85.4 Å². The molecule has 1 aliphatic rings. The molecule has 230 valence electrons. The molecule has 1 aliphatic heterocycles. The Kier molecular flexibility index (Phi) is 11.7. The topological polar surface area (TPSA) is 98.4 Å². The van der Waals surface area contributed by atoms with Crippen molar-refractivity contribution in [2.75, 3.05) is 26.2 Å². The minimum atomic E-state index is -0.968. The summed E-state index contributed by atoms with van der Waals surface area (Å²) in [4.78, 5) is 9.27. The lowest BCUT2D eigenvalue weighted by atomic mass is 9.72.